The van der Waals surface area contributed by atoms with Gasteiger partial charge in [-0.25, -0.2) is 0 Å². The maximum atomic E-state index is 5.85. The molecule has 0 amide bonds. The third-order valence-electron chi connectivity index (χ3n) is 3.21. The molecule has 1 unspecified atom stereocenters. The van der Waals surface area contributed by atoms with Gasteiger partial charge in [-0.2, -0.15) is 0 Å². The molecule has 1 N–H and O–H groups in total. The molecule has 2 aromatic carbocycles. The molecule has 2 aromatic rings. The van der Waals surface area contributed by atoms with Gasteiger partial charge in [0.25, 0.3) is 0 Å². The lowest BCUT2D eigenvalue weighted by Gasteiger charge is -2.13. The Kier molecular flexibility index (Phi) is 5.45. The average Bonchev–Trinajstić information content (AvgIpc) is 2.47. The Morgan fingerprint density at radius 1 is 1.05 bits per heavy atom. The molecule has 0 heterocycles. The Morgan fingerprint density at radius 2 is 1.70 bits per heavy atom. The summed E-state index contributed by atoms with van der Waals surface area (Å²) in [6.07, 6.45) is 0. The highest BCUT2D eigenvalue weighted by Crippen LogP contribution is 2.19. The van der Waals surface area contributed by atoms with Gasteiger partial charge >= 0.3 is 0 Å². The first-order chi connectivity index (χ1) is 9.69. The van der Waals surface area contributed by atoms with E-state index in [9.17, 15) is 0 Å². The molecular weight excluding hydrogens is 270 g/mol. The lowest BCUT2D eigenvalue weighted by molar-refractivity contribution is 0.306. The van der Waals surface area contributed by atoms with Gasteiger partial charge in [0.15, 0.2) is 0 Å². The van der Waals surface area contributed by atoms with Crippen LogP contribution in [0.15, 0.2) is 48.5 Å². The van der Waals surface area contributed by atoms with Crippen LogP contribution < -0.4 is 10.1 Å². The lowest BCUT2D eigenvalue weighted by atomic mass is 10.1. The van der Waals surface area contributed by atoms with E-state index in [1.165, 1.54) is 5.56 Å². The SMILES string of the molecule is CCNC(C)c1ccc(OCc2ccc(Cl)cc2)cc1. The molecule has 20 heavy (non-hydrogen) atoms. The van der Waals surface area contributed by atoms with Crippen LogP contribution in [0.5, 0.6) is 5.75 Å². The molecule has 0 aliphatic heterocycles. The molecule has 0 saturated heterocycles. The maximum Gasteiger partial charge on any atom is 0.119 e. The summed E-state index contributed by atoms with van der Waals surface area (Å²) in [5.41, 5.74) is 2.38. The zero-order valence-electron chi connectivity index (χ0n) is 11.9. The highest BCUT2D eigenvalue weighted by molar-refractivity contribution is 6.30. The lowest BCUT2D eigenvalue weighted by Crippen LogP contribution is -2.17. The summed E-state index contributed by atoms with van der Waals surface area (Å²) < 4.78 is 5.76. The summed E-state index contributed by atoms with van der Waals surface area (Å²) in [6, 6.07) is 16.3. The van der Waals surface area contributed by atoms with Crippen molar-refractivity contribution in [2.75, 3.05) is 6.54 Å². The van der Waals surface area contributed by atoms with Crippen LogP contribution in [0.2, 0.25) is 5.02 Å². The second-order valence-corrected chi connectivity index (χ2v) is 5.20. The number of halogens is 1. The number of hydrogen-bond donors (Lipinski definition) is 1. The molecule has 0 aromatic heterocycles. The van der Waals surface area contributed by atoms with E-state index in [4.69, 9.17) is 16.3 Å². The van der Waals surface area contributed by atoms with Crippen molar-refractivity contribution in [2.24, 2.45) is 0 Å². The van der Waals surface area contributed by atoms with Gasteiger partial charge < -0.3 is 10.1 Å². The van der Waals surface area contributed by atoms with Gasteiger partial charge in [-0.15, -0.1) is 0 Å². The van der Waals surface area contributed by atoms with Gasteiger partial charge in [0, 0.05) is 11.1 Å². The number of benzene rings is 2. The number of ether oxygens (including phenoxy) is 1. The molecule has 0 aliphatic carbocycles. The molecule has 0 radical (unpaired) electrons. The summed E-state index contributed by atoms with van der Waals surface area (Å²) in [6.45, 7) is 5.79. The third kappa shape index (κ3) is 4.26. The summed E-state index contributed by atoms with van der Waals surface area (Å²) >= 11 is 5.85. The molecule has 0 bridgehead atoms. The minimum atomic E-state index is 0.366. The standard InChI is InChI=1S/C17H20ClNO/c1-3-19-13(2)15-6-10-17(11-7-15)20-12-14-4-8-16(18)9-5-14/h4-11,13,19H,3,12H2,1-2H3. The first-order valence-corrected chi connectivity index (χ1v) is 7.27. The van der Waals surface area contributed by atoms with E-state index in [0.717, 1.165) is 22.9 Å². The normalized spacial score (nSPS) is 12.2. The van der Waals surface area contributed by atoms with E-state index in [2.05, 4.69) is 31.3 Å². The highest BCUT2D eigenvalue weighted by Gasteiger charge is 2.03. The van der Waals surface area contributed by atoms with Crippen molar-refractivity contribution in [3.63, 3.8) is 0 Å². The van der Waals surface area contributed by atoms with Crippen molar-refractivity contribution in [1.29, 1.82) is 0 Å². The second kappa shape index (κ2) is 7.32. The Labute approximate surface area is 125 Å². The summed E-state index contributed by atoms with van der Waals surface area (Å²) in [5, 5.41) is 4.14. The summed E-state index contributed by atoms with van der Waals surface area (Å²) in [7, 11) is 0. The first kappa shape index (κ1) is 14.9. The molecule has 0 spiro atoms. The minimum Gasteiger partial charge on any atom is -0.489 e. The summed E-state index contributed by atoms with van der Waals surface area (Å²) in [4.78, 5) is 0. The average molecular weight is 290 g/mol. The van der Waals surface area contributed by atoms with Crippen molar-refractivity contribution in [3.8, 4) is 5.75 Å². The van der Waals surface area contributed by atoms with Crippen LogP contribution in [-0.4, -0.2) is 6.54 Å². The monoisotopic (exact) mass is 289 g/mol. The van der Waals surface area contributed by atoms with E-state index in [1.54, 1.807) is 0 Å². The van der Waals surface area contributed by atoms with Crippen LogP contribution in [0.1, 0.15) is 31.0 Å². The van der Waals surface area contributed by atoms with Crippen LogP contribution >= 0.6 is 11.6 Å². The molecule has 0 fully saturated rings. The number of rotatable bonds is 6. The van der Waals surface area contributed by atoms with Crippen molar-refractivity contribution in [2.45, 2.75) is 26.5 Å². The molecule has 1 atom stereocenters. The smallest absolute Gasteiger partial charge is 0.119 e. The van der Waals surface area contributed by atoms with Crippen LogP contribution in [0, 0.1) is 0 Å². The molecule has 0 saturated carbocycles. The van der Waals surface area contributed by atoms with Gasteiger partial charge in [0.2, 0.25) is 0 Å². The third-order valence-corrected chi connectivity index (χ3v) is 3.46. The van der Waals surface area contributed by atoms with Crippen LogP contribution in [-0.2, 0) is 6.61 Å². The Morgan fingerprint density at radius 3 is 2.30 bits per heavy atom. The summed E-state index contributed by atoms with van der Waals surface area (Å²) in [5.74, 6) is 0.882. The fourth-order valence-corrected chi connectivity index (χ4v) is 2.15. The van der Waals surface area contributed by atoms with E-state index in [-0.39, 0.29) is 0 Å². The van der Waals surface area contributed by atoms with Gasteiger partial charge in [-0.1, -0.05) is 42.8 Å². The van der Waals surface area contributed by atoms with Crippen LogP contribution in [0.25, 0.3) is 0 Å². The van der Waals surface area contributed by atoms with E-state index < -0.39 is 0 Å². The number of nitrogens with one attached hydrogen (secondary N) is 1. The van der Waals surface area contributed by atoms with Gasteiger partial charge in [-0.05, 0) is 48.9 Å². The minimum absolute atomic E-state index is 0.366. The fourth-order valence-electron chi connectivity index (χ4n) is 2.02. The largest absolute Gasteiger partial charge is 0.489 e. The molecule has 2 rings (SSSR count). The van der Waals surface area contributed by atoms with Crippen molar-refractivity contribution < 1.29 is 4.74 Å². The second-order valence-electron chi connectivity index (χ2n) is 4.76. The zero-order chi connectivity index (χ0) is 14.4. The van der Waals surface area contributed by atoms with Crippen molar-refractivity contribution in [3.05, 3.63) is 64.7 Å². The fraction of sp³-hybridized carbons (Fsp3) is 0.294. The van der Waals surface area contributed by atoms with E-state index >= 15 is 0 Å². The predicted octanol–water partition coefficient (Wildman–Crippen LogP) is 4.59. The van der Waals surface area contributed by atoms with Gasteiger partial charge in [-0.3, -0.25) is 0 Å². The first-order valence-electron chi connectivity index (χ1n) is 6.89. The molecule has 106 valence electrons. The van der Waals surface area contributed by atoms with Crippen LogP contribution in [0.3, 0.4) is 0 Å². The molecule has 0 aliphatic rings. The van der Waals surface area contributed by atoms with Crippen molar-refractivity contribution in [1.82, 2.24) is 5.32 Å². The molecular formula is C17H20ClNO. The maximum absolute atomic E-state index is 5.85. The Hall–Kier alpha value is -1.51. The Balaban J connectivity index is 1.92. The zero-order valence-corrected chi connectivity index (χ0v) is 12.7. The van der Waals surface area contributed by atoms with Gasteiger partial charge in [0.05, 0.1) is 0 Å². The predicted molar refractivity (Wildman–Crippen MR) is 84.3 cm³/mol. The van der Waals surface area contributed by atoms with E-state index in [0.29, 0.717) is 12.6 Å². The highest BCUT2D eigenvalue weighted by atomic mass is 35.5. The van der Waals surface area contributed by atoms with Crippen molar-refractivity contribution >= 4 is 11.6 Å². The topological polar surface area (TPSA) is 21.3 Å². The van der Waals surface area contributed by atoms with Gasteiger partial charge in [0.1, 0.15) is 12.4 Å². The van der Waals surface area contributed by atoms with E-state index in [1.807, 2.05) is 36.4 Å². The quantitative estimate of drug-likeness (QED) is 0.840. The number of hydrogen-bond acceptors (Lipinski definition) is 2. The molecule has 2 nitrogen and oxygen atoms in total. The Bertz CT molecular complexity index is 522. The van der Waals surface area contributed by atoms with Crippen LogP contribution in [0.4, 0.5) is 0 Å². The molecule has 3 heteroatoms.